The second-order valence-electron chi connectivity index (χ2n) is 6.98. The smallest absolute Gasteiger partial charge is 0.255 e. The number of nitrogens with one attached hydrogen (secondary N) is 1. The lowest BCUT2D eigenvalue weighted by Crippen LogP contribution is -2.47. The van der Waals surface area contributed by atoms with E-state index in [1.807, 2.05) is 38.2 Å². The maximum Gasteiger partial charge on any atom is 0.255 e. The molecule has 0 aliphatic carbocycles. The zero-order chi connectivity index (χ0) is 19.4. The summed E-state index contributed by atoms with van der Waals surface area (Å²) >= 11 is 0. The van der Waals surface area contributed by atoms with E-state index in [0.717, 1.165) is 24.3 Å². The fraction of sp³-hybridized carbons (Fsp3) is 0.350. The van der Waals surface area contributed by atoms with Gasteiger partial charge in [-0.1, -0.05) is 24.3 Å². The summed E-state index contributed by atoms with van der Waals surface area (Å²) in [6.07, 6.45) is 0. The third-order valence-electron chi connectivity index (χ3n) is 4.70. The average Bonchev–Trinajstić information content (AvgIpc) is 2.62. The molecule has 6 nitrogen and oxygen atoms in total. The first-order valence-corrected chi connectivity index (χ1v) is 10.6. The minimum atomic E-state index is -3.34. The molecule has 0 aromatic heterocycles. The number of hydrogen-bond donors (Lipinski definition) is 1. The summed E-state index contributed by atoms with van der Waals surface area (Å²) in [5.41, 5.74) is 2.98. The molecule has 1 N–H and O–H groups in total. The van der Waals surface area contributed by atoms with Crippen LogP contribution >= 0.6 is 0 Å². The van der Waals surface area contributed by atoms with Crippen LogP contribution in [0.2, 0.25) is 0 Å². The highest BCUT2D eigenvalue weighted by Gasteiger charge is 2.25. The first-order chi connectivity index (χ1) is 12.8. The van der Waals surface area contributed by atoms with Crippen molar-refractivity contribution in [3.05, 3.63) is 65.2 Å². The monoisotopic (exact) mass is 387 g/mol. The molecule has 27 heavy (non-hydrogen) atoms. The van der Waals surface area contributed by atoms with Crippen molar-refractivity contribution in [3.8, 4) is 0 Å². The molecule has 144 valence electrons. The van der Waals surface area contributed by atoms with Crippen LogP contribution in [-0.2, 0) is 15.8 Å². The van der Waals surface area contributed by atoms with Crippen LogP contribution in [0, 0.1) is 6.92 Å². The first kappa shape index (κ1) is 19.5. The Bertz CT molecular complexity index is 902. The fourth-order valence-electron chi connectivity index (χ4n) is 3.05. The number of sulfonamides is 1. The van der Waals surface area contributed by atoms with Gasteiger partial charge in [-0.05, 0) is 49.4 Å². The Morgan fingerprint density at radius 2 is 1.70 bits per heavy atom. The number of benzene rings is 2. The Labute approximate surface area is 160 Å². The summed E-state index contributed by atoms with van der Waals surface area (Å²) in [6, 6.07) is 14.3. The van der Waals surface area contributed by atoms with Gasteiger partial charge in [0.1, 0.15) is 0 Å². The average molecular weight is 388 g/mol. The molecule has 1 aliphatic heterocycles. The minimum Gasteiger partial charge on any atom is -0.322 e. The SMILES string of the molecule is Cc1cccc(NC(=O)c2ccc(CS(=O)(=O)N3CCN(C)CC3)cc2)c1. The summed E-state index contributed by atoms with van der Waals surface area (Å²) in [6.45, 7) is 4.51. The molecule has 1 amide bonds. The summed E-state index contributed by atoms with van der Waals surface area (Å²) in [5, 5.41) is 2.85. The Morgan fingerprint density at radius 1 is 1.04 bits per heavy atom. The standard InChI is InChI=1S/C20H25N3O3S/c1-16-4-3-5-19(14-16)21-20(24)18-8-6-17(7-9-18)15-27(25,26)23-12-10-22(2)11-13-23/h3-9,14H,10-13,15H2,1-2H3,(H,21,24). The van der Waals surface area contributed by atoms with Gasteiger partial charge in [0.25, 0.3) is 5.91 Å². The molecule has 0 unspecified atom stereocenters. The highest BCUT2D eigenvalue weighted by Crippen LogP contribution is 2.16. The van der Waals surface area contributed by atoms with E-state index in [-0.39, 0.29) is 11.7 Å². The number of nitrogens with zero attached hydrogens (tertiary/aromatic N) is 2. The van der Waals surface area contributed by atoms with Crippen LogP contribution in [0.25, 0.3) is 0 Å². The van der Waals surface area contributed by atoms with E-state index in [2.05, 4.69) is 10.2 Å². The van der Waals surface area contributed by atoms with Gasteiger partial charge in [0.2, 0.25) is 10.0 Å². The first-order valence-electron chi connectivity index (χ1n) is 8.97. The lowest BCUT2D eigenvalue weighted by atomic mass is 10.1. The highest BCUT2D eigenvalue weighted by atomic mass is 32.2. The maximum absolute atomic E-state index is 12.6. The van der Waals surface area contributed by atoms with Gasteiger partial charge in [0.05, 0.1) is 5.75 Å². The maximum atomic E-state index is 12.6. The quantitative estimate of drug-likeness (QED) is 0.855. The number of carbonyl (C=O) groups excluding carboxylic acids is 1. The summed E-state index contributed by atoms with van der Waals surface area (Å²) < 4.78 is 26.7. The Balaban J connectivity index is 1.63. The molecule has 0 saturated carbocycles. The normalized spacial score (nSPS) is 16.2. The Hall–Kier alpha value is -2.22. The van der Waals surface area contributed by atoms with Crippen molar-refractivity contribution in [3.63, 3.8) is 0 Å². The fourth-order valence-corrected chi connectivity index (χ4v) is 4.56. The van der Waals surface area contributed by atoms with Crippen LogP contribution in [0.1, 0.15) is 21.5 Å². The van der Waals surface area contributed by atoms with Gasteiger partial charge in [0.15, 0.2) is 0 Å². The minimum absolute atomic E-state index is 0.0451. The van der Waals surface area contributed by atoms with Crippen molar-refractivity contribution >= 4 is 21.6 Å². The number of likely N-dealkylation sites (N-methyl/N-ethyl adjacent to an activating group) is 1. The molecule has 1 saturated heterocycles. The van der Waals surface area contributed by atoms with Gasteiger partial charge >= 0.3 is 0 Å². The van der Waals surface area contributed by atoms with Crippen LogP contribution < -0.4 is 5.32 Å². The molecule has 2 aromatic rings. The zero-order valence-corrected chi connectivity index (χ0v) is 16.5. The van der Waals surface area contributed by atoms with Crippen LogP contribution in [0.15, 0.2) is 48.5 Å². The summed E-state index contributed by atoms with van der Waals surface area (Å²) in [4.78, 5) is 14.5. The third kappa shape index (κ3) is 5.15. The molecule has 1 aliphatic rings. The van der Waals surface area contributed by atoms with Gasteiger partial charge in [0, 0.05) is 37.4 Å². The van der Waals surface area contributed by atoms with Crippen molar-refractivity contribution in [2.45, 2.75) is 12.7 Å². The second-order valence-corrected chi connectivity index (χ2v) is 8.95. The Kier molecular flexibility index (Phi) is 5.94. The molecular weight excluding hydrogens is 362 g/mol. The topological polar surface area (TPSA) is 69.7 Å². The van der Waals surface area contributed by atoms with Gasteiger partial charge < -0.3 is 10.2 Å². The summed E-state index contributed by atoms with van der Waals surface area (Å²) in [7, 11) is -1.35. The molecule has 3 rings (SSSR count). The second kappa shape index (κ2) is 8.21. The molecule has 0 atom stereocenters. The molecule has 1 heterocycles. The van der Waals surface area contributed by atoms with E-state index >= 15 is 0 Å². The largest absolute Gasteiger partial charge is 0.322 e. The van der Waals surface area contributed by atoms with Crippen LogP contribution in [-0.4, -0.2) is 56.8 Å². The molecule has 7 heteroatoms. The molecular formula is C20H25N3O3S. The predicted molar refractivity (Wildman–Crippen MR) is 107 cm³/mol. The summed E-state index contributed by atoms with van der Waals surface area (Å²) in [5.74, 6) is -0.259. The molecule has 2 aromatic carbocycles. The van der Waals surface area contributed by atoms with Gasteiger partial charge in [-0.15, -0.1) is 0 Å². The predicted octanol–water partition coefficient (Wildman–Crippen LogP) is 2.32. The number of carbonyl (C=O) groups is 1. The van der Waals surface area contributed by atoms with Gasteiger partial charge in [-0.3, -0.25) is 4.79 Å². The Morgan fingerprint density at radius 3 is 2.33 bits per heavy atom. The van der Waals surface area contributed by atoms with E-state index in [1.54, 1.807) is 28.6 Å². The van der Waals surface area contributed by atoms with E-state index in [1.165, 1.54) is 0 Å². The molecule has 0 bridgehead atoms. The van der Waals surface area contributed by atoms with E-state index in [0.29, 0.717) is 24.2 Å². The number of rotatable bonds is 5. The van der Waals surface area contributed by atoms with E-state index < -0.39 is 10.0 Å². The lowest BCUT2D eigenvalue weighted by molar-refractivity contribution is 0.102. The molecule has 0 spiro atoms. The van der Waals surface area contributed by atoms with Gasteiger partial charge in [-0.2, -0.15) is 4.31 Å². The van der Waals surface area contributed by atoms with E-state index in [4.69, 9.17) is 0 Å². The van der Waals surface area contributed by atoms with Crippen molar-refractivity contribution < 1.29 is 13.2 Å². The lowest BCUT2D eigenvalue weighted by Gasteiger charge is -2.31. The molecule has 1 fully saturated rings. The highest BCUT2D eigenvalue weighted by molar-refractivity contribution is 7.88. The van der Waals surface area contributed by atoms with Crippen LogP contribution in [0.5, 0.6) is 0 Å². The van der Waals surface area contributed by atoms with Gasteiger partial charge in [-0.25, -0.2) is 8.42 Å². The van der Waals surface area contributed by atoms with Crippen molar-refractivity contribution in [2.24, 2.45) is 0 Å². The van der Waals surface area contributed by atoms with Crippen LogP contribution in [0.3, 0.4) is 0 Å². The zero-order valence-electron chi connectivity index (χ0n) is 15.7. The number of aryl methyl sites for hydroxylation is 1. The van der Waals surface area contributed by atoms with Crippen molar-refractivity contribution in [2.75, 3.05) is 38.5 Å². The number of hydrogen-bond acceptors (Lipinski definition) is 4. The van der Waals surface area contributed by atoms with Crippen molar-refractivity contribution in [1.29, 1.82) is 0 Å². The van der Waals surface area contributed by atoms with Crippen LogP contribution in [0.4, 0.5) is 5.69 Å². The number of piperazine rings is 1. The molecule has 0 radical (unpaired) electrons. The number of amides is 1. The van der Waals surface area contributed by atoms with Crippen molar-refractivity contribution in [1.82, 2.24) is 9.21 Å². The van der Waals surface area contributed by atoms with E-state index in [9.17, 15) is 13.2 Å². The number of anilines is 1. The third-order valence-corrected chi connectivity index (χ3v) is 6.55.